The second-order valence-corrected chi connectivity index (χ2v) is 7.14. The molecule has 0 saturated heterocycles. The van der Waals surface area contributed by atoms with Gasteiger partial charge in [0.15, 0.2) is 11.5 Å². The maximum Gasteiger partial charge on any atom is 0.335 e. The van der Waals surface area contributed by atoms with E-state index in [1.807, 2.05) is 30.3 Å². The number of hydrogen-bond donors (Lipinski definition) is 2. The van der Waals surface area contributed by atoms with Gasteiger partial charge in [0.25, 0.3) is 0 Å². The molecule has 166 valence electrons. The largest absolute Gasteiger partial charge is 0.478 e. The van der Waals surface area contributed by atoms with Crippen molar-refractivity contribution < 1.29 is 29.3 Å². The van der Waals surface area contributed by atoms with Crippen LogP contribution in [0.5, 0.6) is 23.0 Å². The summed E-state index contributed by atoms with van der Waals surface area (Å²) in [6.07, 6.45) is 0. The molecule has 0 radical (unpaired) electrons. The van der Waals surface area contributed by atoms with Gasteiger partial charge in [-0.05, 0) is 72.8 Å². The number of hydrogen-bond acceptors (Lipinski definition) is 4. The van der Waals surface area contributed by atoms with E-state index >= 15 is 0 Å². The van der Waals surface area contributed by atoms with Gasteiger partial charge < -0.3 is 19.7 Å². The van der Waals surface area contributed by atoms with Crippen molar-refractivity contribution in [1.29, 1.82) is 0 Å². The molecule has 0 aliphatic rings. The predicted molar refractivity (Wildman–Crippen MR) is 126 cm³/mol. The van der Waals surface area contributed by atoms with Crippen LogP contribution in [-0.2, 0) is 0 Å². The van der Waals surface area contributed by atoms with Gasteiger partial charge in [-0.15, -0.1) is 0 Å². The molecule has 0 aliphatic carbocycles. The normalized spacial score (nSPS) is 10.0. The molecule has 6 heteroatoms. The minimum atomic E-state index is -1.03. The van der Waals surface area contributed by atoms with E-state index in [-0.39, 0.29) is 11.1 Å². The molecule has 2 N–H and O–H groups in total. The Bertz CT molecular complexity index is 1380. The lowest BCUT2D eigenvalue weighted by molar-refractivity contribution is 0.0686. The summed E-state index contributed by atoms with van der Waals surface area (Å²) in [6, 6.07) is 26.8. The summed E-state index contributed by atoms with van der Waals surface area (Å²) in [5.41, 5.74) is 1.85. The lowest BCUT2D eigenvalue weighted by Crippen LogP contribution is -1.97. The van der Waals surface area contributed by atoms with Gasteiger partial charge in [-0.2, -0.15) is 0 Å². The third-order valence-electron chi connectivity index (χ3n) is 4.73. The van der Waals surface area contributed by atoms with E-state index in [0.29, 0.717) is 28.6 Å². The number of carboxylic acid groups (broad SMARTS) is 2. The topological polar surface area (TPSA) is 93.1 Å². The molecular formula is C28H18O6. The van der Waals surface area contributed by atoms with Crippen LogP contribution in [0.3, 0.4) is 0 Å². The van der Waals surface area contributed by atoms with Crippen LogP contribution in [0.4, 0.5) is 0 Å². The van der Waals surface area contributed by atoms with Gasteiger partial charge in [0, 0.05) is 17.2 Å². The molecule has 0 amide bonds. The maximum absolute atomic E-state index is 11.1. The van der Waals surface area contributed by atoms with E-state index in [2.05, 4.69) is 11.8 Å². The molecule has 0 heterocycles. The lowest BCUT2D eigenvalue weighted by atomic mass is 10.1. The highest BCUT2D eigenvalue weighted by Crippen LogP contribution is 2.36. The summed E-state index contributed by atoms with van der Waals surface area (Å²) in [4.78, 5) is 22.2. The van der Waals surface area contributed by atoms with E-state index in [0.717, 1.165) is 5.56 Å². The van der Waals surface area contributed by atoms with Crippen LogP contribution in [0.15, 0.2) is 97.1 Å². The maximum atomic E-state index is 11.1. The van der Waals surface area contributed by atoms with E-state index < -0.39 is 11.9 Å². The minimum absolute atomic E-state index is 0.143. The summed E-state index contributed by atoms with van der Waals surface area (Å²) in [7, 11) is 0. The first-order chi connectivity index (χ1) is 16.5. The molecule has 0 saturated carbocycles. The third-order valence-corrected chi connectivity index (χ3v) is 4.73. The van der Waals surface area contributed by atoms with Gasteiger partial charge in [0.05, 0.1) is 11.1 Å². The number of benzene rings is 4. The number of rotatable bonds is 6. The van der Waals surface area contributed by atoms with Crippen LogP contribution < -0.4 is 9.47 Å². The SMILES string of the molecule is O=C(O)c1ccc(Oc2ccc(C#Cc3ccccc3)cc2Oc2ccc(C(=O)O)cc2)cc1. The average molecular weight is 450 g/mol. The standard InChI is InChI=1S/C28H18O6/c29-27(30)21-9-13-23(14-10-21)33-25-17-8-20(7-6-19-4-2-1-3-5-19)18-26(25)34-24-15-11-22(12-16-24)28(31)32/h1-5,8-18H,(H,29,30)(H,31,32). The van der Waals surface area contributed by atoms with Crippen molar-refractivity contribution in [2.45, 2.75) is 0 Å². The van der Waals surface area contributed by atoms with Crippen LogP contribution in [0.2, 0.25) is 0 Å². The molecule has 34 heavy (non-hydrogen) atoms. The summed E-state index contributed by atoms with van der Waals surface area (Å²) in [6.45, 7) is 0. The van der Waals surface area contributed by atoms with Gasteiger partial charge in [0.1, 0.15) is 11.5 Å². The quantitative estimate of drug-likeness (QED) is 0.347. The Morgan fingerprint density at radius 3 is 1.59 bits per heavy atom. The smallest absolute Gasteiger partial charge is 0.335 e. The second kappa shape index (κ2) is 10.1. The van der Waals surface area contributed by atoms with E-state index in [4.69, 9.17) is 19.7 Å². The van der Waals surface area contributed by atoms with Gasteiger partial charge in [0.2, 0.25) is 0 Å². The fraction of sp³-hybridized carbons (Fsp3) is 0. The van der Waals surface area contributed by atoms with Crippen molar-refractivity contribution in [1.82, 2.24) is 0 Å². The molecule has 0 spiro atoms. The van der Waals surface area contributed by atoms with E-state index in [1.54, 1.807) is 42.5 Å². The molecule has 0 bridgehead atoms. The van der Waals surface area contributed by atoms with Crippen molar-refractivity contribution in [3.8, 4) is 34.8 Å². The first kappa shape index (κ1) is 22.2. The fourth-order valence-corrected chi connectivity index (χ4v) is 3.00. The van der Waals surface area contributed by atoms with Gasteiger partial charge in [-0.25, -0.2) is 9.59 Å². The summed E-state index contributed by atoms with van der Waals surface area (Å²) < 4.78 is 11.9. The van der Waals surface area contributed by atoms with Crippen LogP contribution in [0.25, 0.3) is 0 Å². The Kier molecular flexibility index (Phi) is 6.57. The van der Waals surface area contributed by atoms with Gasteiger partial charge >= 0.3 is 11.9 Å². The Labute approximate surface area is 195 Å². The Morgan fingerprint density at radius 2 is 1.06 bits per heavy atom. The lowest BCUT2D eigenvalue weighted by Gasteiger charge is -2.13. The Hall–Kier alpha value is -5.02. The molecule has 4 aromatic rings. The van der Waals surface area contributed by atoms with Crippen molar-refractivity contribution in [3.63, 3.8) is 0 Å². The molecule has 4 aromatic carbocycles. The predicted octanol–water partition coefficient (Wildman–Crippen LogP) is 6.07. The van der Waals surface area contributed by atoms with E-state index in [9.17, 15) is 9.59 Å². The fourth-order valence-electron chi connectivity index (χ4n) is 3.00. The summed E-state index contributed by atoms with van der Waals surface area (Å²) in [5, 5.41) is 18.2. The molecule has 0 atom stereocenters. The average Bonchev–Trinajstić information content (AvgIpc) is 2.85. The second-order valence-electron chi connectivity index (χ2n) is 7.14. The van der Waals surface area contributed by atoms with Crippen LogP contribution >= 0.6 is 0 Å². The Balaban J connectivity index is 1.65. The zero-order chi connectivity index (χ0) is 23.9. The number of carboxylic acids is 2. The number of aromatic carboxylic acids is 2. The molecular weight excluding hydrogens is 432 g/mol. The first-order valence-electron chi connectivity index (χ1n) is 10.2. The van der Waals surface area contributed by atoms with Crippen LogP contribution in [0.1, 0.15) is 31.8 Å². The third kappa shape index (κ3) is 5.61. The molecule has 0 aliphatic heterocycles. The number of carbonyl (C=O) groups is 2. The van der Waals surface area contributed by atoms with Gasteiger partial charge in [-0.3, -0.25) is 0 Å². The monoisotopic (exact) mass is 450 g/mol. The van der Waals surface area contributed by atoms with Crippen molar-refractivity contribution in [2.24, 2.45) is 0 Å². The highest BCUT2D eigenvalue weighted by atomic mass is 16.5. The zero-order valence-corrected chi connectivity index (χ0v) is 17.8. The highest BCUT2D eigenvalue weighted by molar-refractivity contribution is 5.88. The van der Waals surface area contributed by atoms with Crippen LogP contribution in [0, 0.1) is 11.8 Å². The molecule has 6 nitrogen and oxygen atoms in total. The van der Waals surface area contributed by atoms with Crippen molar-refractivity contribution in [2.75, 3.05) is 0 Å². The van der Waals surface area contributed by atoms with Gasteiger partial charge in [-0.1, -0.05) is 30.0 Å². The summed E-state index contributed by atoms with van der Waals surface area (Å²) >= 11 is 0. The van der Waals surface area contributed by atoms with Crippen LogP contribution in [-0.4, -0.2) is 22.2 Å². The first-order valence-corrected chi connectivity index (χ1v) is 10.2. The van der Waals surface area contributed by atoms with Crippen molar-refractivity contribution >= 4 is 11.9 Å². The highest BCUT2D eigenvalue weighted by Gasteiger charge is 2.11. The zero-order valence-electron chi connectivity index (χ0n) is 17.8. The number of ether oxygens (including phenoxy) is 2. The summed E-state index contributed by atoms with van der Waals surface area (Å²) in [5.74, 6) is 5.73. The van der Waals surface area contributed by atoms with Crippen molar-refractivity contribution in [3.05, 3.63) is 119 Å². The molecule has 0 unspecified atom stereocenters. The van der Waals surface area contributed by atoms with E-state index in [1.165, 1.54) is 24.3 Å². The Morgan fingerprint density at radius 1 is 0.559 bits per heavy atom. The molecule has 4 rings (SSSR count). The molecule has 0 aromatic heterocycles. The molecule has 0 fully saturated rings. The minimum Gasteiger partial charge on any atom is -0.478 e.